The molecule has 2 saturated heterocycles. The molecule has 2 amide bonds. The van der Waals surface area contributed by atoms with Crippen LogP contribution in [-0.2, 0) is 14.3 Å². The summed E-state index contributed by atoms with van der Waals surface area (Å²) < 4.78 is 5.31. The number of benzene rings is 1. The molecule has 0 unspecified atom stereocenters. The van der Waals surface area contributed by atoms with Crippen LogP contribution in [-0.4, -0.2) is 92.1 Å². The highest BCUT2D eigenvalue weighted by molar-refractivity contribution is 5.82. The smallest absolute Gasteiger partial charge is 0.241 e. The van der Waals surface area contributed by atoms with Crippen molar-refractivity contribution in [3.63, 3.8) is 0 Å². The number of amides is 2. The van der Waals surface area contributed by atoms with Gasteiger partial charge < -0.3 is 19.9 Å². The first-order valence-electron chi connectivity index (χ1n) is 8.87. The summed E-state index contributed by atoms with van der Waals surface area (Å²) in [6.45, 7) is 6.19. The molecule has 0 saturated carbocycles. The second-order valence-electron chi connectivity index (χ2n) is 6.37. The Hall–Kier alpha value is -2.12. The number of carbonyl (C=O) groups excluding carboxylic acids is 2. The molecule has 0 spiro atoms. The Labute approximate surface area is 148 Å². The predicted molar refractivity (Wildman–Crippen MR) is 95.4 cm³/mol. The molecule has 7 nitrogen and oxygen atoms in total. The van der Waals surface area contributed by atoms with E-state index in [2.05, 4.69) is 10.2 Å². The standard InChI is InChI=1S/C18H26N4O3/c23-17(14-19-16-4-2-1-3-5-16)21-6-8-22(9-7-21)18(24)15-20-10-12-25-13-11-20/h1-5,19H,6-15H2. The number of nitrogens with zero attached hydrogens (tertiary/aromatic N) is 3. The highest BCUT2D eigenvalue weighted by Gasteiger charge is 2.25. The second kappa shape index (κ2) is 8.82. The van der Waals surface area contributed by atoms with Gasteiger partial charge in [0.1, 0.15) is 0 Å². The van der Waals surface area contributed by atoms with Gasteiger partial charge in [0.25, 0.3) is 0 Å². The molecule has 1 aromatic rings. The number of nitrogens with one attached hydrogen (secondary N) is 1. The number of morpholine rings is 1. The maximum absolute atomic E-state index is 12.4. The highest BCUT2D eigenvalue weighted by atomic mass is 16.5. The normalized spacial score (nSPS) is 18.9. The van der Waals surface area contributed by atoms with E-state index >= 15 is 0 Å². The van der Waals surface area contributed by atoms with Crippen LogP contribution in [0, 0.1) is 0 Å². The zero-order chi connectivity index (χ0) is 17.5. The fourth-order valence-corrected chi connectivity index (χ4v) is 3.10. The average molecular weight is 346 g/mol. The minimum Gasteiger partial charge on any atom is -0.379 e. The predicted octanol–water partition coefficient (Wildman–Crippen LogP) is 0.102. The van der Waals surface area contributed by atoms with E-state index in [9.17, 15) is 9.59 Å². The number of anilines is 1. The molecule has 0 atom stereocenters. The first-order chi connectivity index (χ1) is 12.2. The summed E-state index contributed by atoms with van der Waals surface area (Å²) in [6.07, 6.45) is 0. The van der Waals surface area contributed by atoms with Gasteiger partial charge in [-0.3, -0.25) is 14.5 Å². The largest absolute Gasteiger partial charge is 0.379 e. The van der Waals surface area contributed by atoms with E-state index in [4.69, 9.17) is 4.74 Å². The van der Waals surface area contributed by atoms with Crippen LogP contribution in [0.15, 0.2) is 30.3 Å². The number of rotatable bonds is 5. The van der Waals surface area contributed by atoms with Crippen LogP contribution in [0.25, 0.3) is 0 Å². The molecule has 2 aliphatic rings. The Balaban J connectivity index is 1.38. The van der Waals surface area contributed by atoms with Gasteiger partial charge in [-0.05, 0) is 12.1 Å². The van der Waals surface area contributed by atoms with E-state index in [0.717, 1.165) is 18.8 Å². The van der Waals surface area contributed by atoms with Crippen molar-refractivity contribution in [1.82, 2.24) is 14.7 Å². The molecule has 2 aliphatic heterocycles. The van der Waals surface area contributed by atoms with E-state index in [1.54, 1.807) is 0 Å². The number of piperazine rings is 1. The minimum atomic E-state index is 0.0733. The van der Waals surface area contributed by atoms with Crippen molar-refractivity contribution in [1.29, 1.82) is 0 Å². The van der Waals surface area contributed by atoms with E-state index < -0.39 is 0 Å². The summed E-state index contributed by atoms with van der Waals surface area (Å²) >= 11 is 0. The molecule has 0 radical (unpaired) electrons. The molecule has 0 aliphatic carbocycles. The number of hydrogen-bond donors (Lipinski definition) is 1. The van der Waals surface area contributed by atoms with E-state index in [1.165, 1.54) is 0 Å². The Morgan fingerprint density at radius 3 is 2.12 bits per heavy atom. The molecule has 0 bridgehead atoms. The third-order valence-corrected chi connectivity index (χ3v) is 4.67. The topological polar surface area (TPSA) is 65.1 Å². The maximum atomic E-state index is 12.4. The fourth-order valence-electron chi connectivity index (χ4n) is 3.10. The van der Waals surface area contributed by atoms with Gasteiger partial charge in [-0.15, -0.1) is 0 Å². The lowest BCUT2D eigenvalue weighted by molar-refractivity contribution is -0.140. The lowest BCUT2D eigenvalue weighted by Gasteiger charge is -2.36. The van der Waals surface area contributed by atoms with Crippen molar-refractivity contribution in [3.05, 3.63) is 30.3 Å². The molecule has 25 heavy (non-hydrogen) atoms. The van der Waals surface area contributed by atoms with E-state index in [1.807, 2.05) is 40.1 Å². The molecular weight excluding hydrogens is 320 g/mol. The fraction of sp³-hybridized carbons (Fsp3) is 0.556. The number of carbonyl (C=O) groups is 2. The van der Waals surface area contributed by atoms with Crippen LogP contribution in [0.5, 0.6) is 0 Å². The Bertz CT molecular complexity index is 567. The first-order valence-corrected chi connectivity index (χ1v) is 8.87. The molecule has 3 rings (SSSR count). The quantitative estimate of drug-likeness (QED) is 0.819. The van der Waals surface area contributed by atoms with Crippen LogP contribution in [0.4, 0.5) is 5.69 Å². The van der Waals surface area contributed by atoms with Gasteiger partial charge >= 0.3 is 0 Å². The highest BCUT2D eigenvalue weighted by Crippen LogP contribution is 2.07. The summed E-state index contributed by atoms with van der Waals surface area (Å²) in [6, 6.07) is 9.70. The third kappa shape index (κ3) is 5.17. The van der Waals surface area contributed by atoms with Gasteiger partial charge in [0, 0.05) is 45.0 Å². The second-order valence-corrected chi connectivity index (χ2v) is 6.37. The maximum Gasteiger partial charge on any atom is 0.241 e. The molecular formula is C18H26N4O3. The molecule has 1 aromatic carbocycles. The summed E-state index contributed by atoms with van der Waals surface area (Å²) in [4.78, 5) is 30.5. The van der Waals surface area contributed by atoms with Crippen LogP contribution < -0.4 is 5.32 Å². The van der Waals surface area contributed by atoms with Crippen LogP contribution in [0.3, 0.4) is 0 Å². The summed E-state index contributed by atoms with van der Waals surface area (Å²) in [5, 5.41) is 3.14. The lowest BCUT2D eigenvalue weighted by atomic mass is 10.2. The molecule has 136 valence electrons. The molecule has 1 N–H and O–H groups in total. The van der Waals surface area contributed by atoms with Crippen molar-refractivity contribution in [2.24, 2.45) is 0 Å². The van der Waals surface area contributed by atoms with Crippen molar-refractivity contribution in [3.8, 4) is 0 Å². The molecule has 7 heteroatoms. The van der Waals surface area contributed by atoms with Crippen molar-refractivity contribution < 1.29 is 14.3 Å². The Morgan fingerprint density at radius 1 is 0.880 bits per heavy atom. The summed E-state index contributed by atoms with van der Waals surface area (Å²) in [7, 11) is 0. The lowest BCUT2D eigenvalue weighted by Crippen LogP contribution is -2.54. The van der Waals surface area contributed by atoms with E-state index in [-0.39, 0.29) is 18.4 Å². The van der Waals surface area contributed by atoms with Crippen molar-refractivity contribution >= 4 is 17.5 Å². The monoisotopic (exact) mass is 346 g/mol. The summed E-state index contributed by atoms with van der Waals surface area (Å²) in [5.41, 5.74) is 0.940. The molecule has 2 fully saturated rings. The van der Waals surface area contributed by atoms with Gasteiger partial charge in [-0.2, -0.15) is 0 Å². The molecule has 0 aromatic heterocycles. The third-order valence-electron chi connectivity index (χ3n) is 4.67. The van der Waals surface area contributed by atoms with Crippen molar-refractivity contribution in [2.75, 3.05) is 70.9 Å². The van der Waals surface area contributed by atoms with Crippen LogP contribution in [0.2, 0.25) is 0 Å². The summed E-state index contributed by atoms with van der Waals surface area (Å²) in [5.74, 6) is 0.223. The van der Waals surface area contributed by atoms with Gasteiger partial charge in [-0.25, -0.2) is 0 Å². The number of para-hydroxylation sites is 1. The van der Waals surface area contributed by atoms with Gasteiger partial charge in [0.05, 0.1) is 26.3 Å². The SMILES string of the molecule is O=C(CNc1ccccc1)N1CCN(C(=O)CN2CCOCC2)CC1. The van der Waals surface area contributed by atoms with Gasteiger partial charge in [-0.1, -0.05) is 18.2 Å². The van der Waals surface area contributed by atoms with Crippen LogP contribution >= 0.6 is 0 Å². The van der Waals surface area contributed by atoms with Crippen LogP contribution in [0.1, 0.15) is 0 Å². The average Bonchev–Trinajstić information content (AvgIpc) is 2.68. The van der Waals surface area contributed by atoms with Crippen molar-refractivity contribution in [2.45, 2.75) is 0 Å². The molecule has 2 heterocycles. The first kappa shape index (κ1) is 17.7. The Morgan fingerprint density at radius 2 is 1.48 bits per heavy atom. The minimum absolute atomic E-state index is 0.0733. The van der Waals surface area contributed by atoms with Gasteiger partial charge in [0.2, 0.25) is 11.8 Å². The van der Waals surface area contributed by atoms with Gasteiger partial charge in [0.15, 0.2) is 0 Å². The number of hydrogen-bond acceptors (Lipinski definition) is 5. The number of ether oxygens (including phenoxy) is 1. The zero-order valence-corrected chi connectivity index (χ0v) is 14.5. The Kier molecular flexibility index (Phi) is 6.25. The van der Waals surface area contributed by atoms with E-state index in [0.29, 0.717) is 45.9 Å². The zero-order valence-electron chi connectivity index (χ0n) is 14.5.